The summed E-state index contributed by atoms with van der Waals surface area (Å²) in [5.74, 6) is 1.17. The zero-order chi connectivity index (χ0) is 16.5. The summed E-state index contributed by atoms with van der Waals surface area (Å²) < 4.78 is 5.28. The monoisotopic (exact) mass is 319 g/mol. The lowest BCUT2D eigenvalue weighted by Crippen LogP contribution is -2.48. The zero-order valence-corrected chi connectivity index (χ0v) is 14.2. The topological polar surface area (TPSA) is 58.8 Å². The Morgan fingerprint density at radius 1 is 1.13 bits per heavy atom. The molecule has 1 aliphatic rings. The van der Waals surface area contributed by atoms with E-state index >= 15 is 0 Å². The van der Waals surface area contributed by atoms with Gasteiger partial charge in [-0.3, -0.25) is 4.79 Å². The molecule has 5 heteroatoms. The molecular formula is C18H29N3O2. The van der Waals surface area contributed by atoms with Gasteiger partial charge in [0.05, 0.1) is 7.11 Å². The Bertz CT molecular complexity index is 485. The summed E-state index contributed by atoms with van der Waals surface area (Å²) in [6.45, 7) is 4.12. The Hall–Kier alpha value is -1.75. The first kappa shape index (κ1) is 17.6. The van der Waals surface area contributed by atoms with Crippen LogP contribution in [-0.4, -0.2) is 50.6 Å². The maximum absolute atomic E-state index is 12.2. The number of anilines is 1. The molecule has 0 radical (unpaired) electrons. The zero-order valence-electron chi connectivity index (χ0n) is 14.2. The molecule has 1 aromatic rings. The van der Waals surface area contributed by atoms with Crippen LogP contribution in [0, 0.1) is 0 Å². The van der Waals surface area contributed by atoms with E-state index in [0.29, 0.717) is 12.3 Å². The van der Waals surface area contributed by atoms with Crippen molar-refractivity contribution in [2.75, 3.05) is 44.7 Å². The summed E-state index contributed by atoms with van der Waals surface area (Å²) in [4.78, 5) is 16.5. The van der Waals surface area contributed by atoms with Crippen molar-refractivity contribution in [3.63, 3.8) is 0 Å². The van der Waals surface area contributed by atoms with Gasteiger partial charge in [0, 0.05) is 44.4 Å². The van der Waals surface area contributed by atoms with Crippen LogP contribution in [0.4, 0.5) is 5.69 Å². The van der Waals surface area contributed by atoms with Crippen LogP contribution >= 0.6 is 0 Å². The number of hydrogen-bond donors (Lipinski definition) is 1. The number of ether oxygens (including phenoxy) is 1. The quantitative estimate of drug-likeness (QED) is 0.747. The fraction of sp³-hybridized carbons (Fsp3) is 0.611. The highest BCUT2D eigenvalue weighted by molar-refractivity contribution is 5.76. The number of hydrogen-bond acceptors (Lipinski definition) is 4. The first-order valence-electron chi connectivity index (χ1n) is 8.61. The van der Waals surface area contributed by atoms with Gasteiger partial charge in [-0.2, -0.15) is 0 Å². The number of piperazine rings is 1. The van der Waals surface area contributed by atoms with E-state index in [4.69, 9.17) is 10.5 Å². The molecule has 2 rings (SSSR count). The van der Waals surface area contributed by atoms with E-state index < -0.39 is 0 Å². The van der Waals surface area contributed by atoms with Gasteiger partial charge in [-0.15, -0.1) is 0 Å². The summed E-state index contributed by atoms with van der Waals surface area (Å²) in [5.41, 5.74) is 6.64. The molecule has 0 aliphatic carbocycles. The Kier molecular flexibility index (Phi) is 7.20. The van der Waals surface area contributed by atoms with E-state index in [9.17, 15) is 4.79 Å². The maximum atomic E-state index is 12.2. The number of methoxy groups -OCH3 is 1. The van der Waals surface area contributed by atoms with Crippen LogP contribution in [0.15, 0.2) is 24.3 Å². The number of unbranched alkanes of at least 4 members (excludes halogenated alkanes) is 3. The van der Waals surface area contributed by atoms with Crippen molar-refractivity contribution in [1.82, 2.24) is 4.90 Å². The van der Waals surface area contributed by atoms with Crippen molar-refractivity contribution < 1.29 is 9.53 Å². The van der Waals surface area contributed by atoms with E-state index in [2.05, 4.69) is 17.0 Å². The lowest BCUT2D eigenvalue weighted by atomic mass is 10.1. The summed E-state index contributed by atoms with van der Waals surface area (Å²) in [7, 11) is 1.68. The average molecular weight is 319 g/mol. The van der Waals surface area contributed by atoms with Gasteiger partial charge in [-0.1, -0.05) is 18.9 Å². The minimum Gasteiger partial charge on any atom is -0.497 e. The standard InChI is InChI=1S/C18H29N3O2/c1-23-17-8-6-7-16(15-17)20-11-13-21(14-12-20)18(22)9-4-2-3-5-10-19/h6-8,15H,2-5,9-14,19H2,1H3. The molecule has 1 aromatic carbocycles. The smallest absolute Gasteiger partial charge is 0.222 e. The lowest BCUT2D eigenvalue weighted by molar-refractivity contribution is -0.131. The van der Waals surface area contributed by atoms with Crippen molar-refractivity contribution in [3.05, 3.63) is 24.3 Å². The van der Waals surface area contributed by atoms with Gasteiger partial charge in [-0.25, -0.2) is 0 Å². The molecule has 1 fully saturated rings. The number of amides is 1. The SMILES string of the molecule is COc1cccc(N2CCN(C(=O)CCCCCCN)CC2)c1. The van der Waals surface area contributed by atoms with E-state index in [1.54, 1.807) is 7.11 Å². The lowest BCUT2D eigenvalue weighted by Gasteiger charge is -2.36. The van der Waals surface area contributed by atoms with E-state index in [1.807, 2.05) is 17.0 Å². The van der Waals surface area contributed by atoms with E-state index in [0.717, 1.165) is 64.2 Å². The molecular weight excluding hydrogens is 290 g/mol. The minimum absolute atomic E-state index is 0.294. The van der Waals surface area contributed by atoms with Crippen molar-refractivity contribution in [2.45, 2.75) is 32.1 Å². The van der Waals surface area contributed by atoms with Crippen LogP contribution in [0.1, 0.15) is 32.1 Å². The normalized spacial score (nSPS) is 14.9. The molecule has 2 N–H and O–H groups in total. The van der Waals surface area contributed by atoms with Crippen molar-refractivity contribution in [1.29, 1.82) is 0 Å². The fourth-order valence-electron chi connectivity index (χ4n) is 2.95. The summed E-state index contributed by atoms with van der Waals surface area (Å²) in [6, 6.07) is 8.10. The predicted molar refractivity (Wildman–Crippen MR) is 93.9 cm³/mol. The van der Waals surface area contributed by atoms with E-state index in [-0.39, 0.29) is 0 Å². The number of nitrogens with zero attached hydrogens (tertiary/aromatic N) is 2. The van der Waals surface area contributed by atoms with Gasteiger partial charge in [0.1, 0.15) is 5.75 Å². The van der Waals surface area contributed by atoms with Crippen LogP contribution in [0.3, 0.4) is 0 Å². The second-order valence-corrected chi connectivity index (χ2v) is 6.02. The van der Waals surface area contributed by atoms with Gasteiger partial charge >= 0.3 is 0 Å². The molecule has 23 heavy (non-hydrogen) atoms. The number of carbonyl (C=O) groups is 1. The van der Waals surface area contributed by atoms with Gasteiger partial charge in [0.15, 0.2) is 0 Å². The van der Waals surface area contributed by atoms with Crippen molar-refractivity contribution in [2.24, 2.45) is 5.73 Å². The molecule has 0 bridgehead atoms. The summed E-state index contributed by atoms with van der Waals surface area (Å²) in [6.07, 6.45) is 4.95. The average Bonchev–Trinajstić information content (AvgIpc) is 2.61. The van der Waals surface area contributed by atoms with Crippen LogP contribution in [-0.2, 0) is 4.79 Å². The number of nitrogens with two attached hydrogens (primary N) is 1. The minimum atomic E-state index is 0.294. The Morgan fingerprint density at radius 2 is 1.87 bits per heavy atom. The Labute approximate surface area is 139 Å². The fourth-order valence-corrected chi connectivity index (χ4v) is 2.95. The molecule has 1 amide bonds. The molecule has 0 aromatic heterocycles. The molecule has 128 valence electrons. The first-order valence-corrected chi connectivity index (χ1v) is 8.61. The number of carbonyl (C=O) groups excluding carboxylic acids is 1. The van der Waals surface area contributed by atoms with Gasteiger partial charge in [0.25, 0.3) is 0 Å². The van der Waals surface area contributed by atoms with Crippen molar-refractivity contribution >= 4 is 11.6 Å². The molecule has 0 spiro atoms. The summed E-state index contributed by atoms with van der Waals surface area (Å²) in [5, 5.41) is 0. The number of rotatable bonds is 8. The molecule has 1 aliphatic heterocycles. The molecule has 1 heterocycles. The summed E-state index contributed by atoms with van der Waals surface area (Å²) >= 11 is 0. The van der Waals surface area contributed by atoms with Crippen LogP contribution < -0.4 is 15.4 Å². The Morgan fingerprint density at radius 3 is 2.57 bits per heavy atom. The Balaban J connectivity index is 1.73. The maximum Gasteiger partial charge on any atom is 0.222 e. The second-order valence-electron chi connectivity index (χ2n) is 6.02. The van der Waals surface area contributed by atoms with Crippen LogP contribution in [0.25, 0.3) is 0 Å². The second kappa shape index (κ2) is 9.40. The highest BCUT2D eigenvalue weighted by Gasteiger charge is 2.21. The molecule has 0 saturated carbocycles. The third-order valence-corrected chi connectivity index (χ3v) is 4.40. The van der Waals surface area contributed by atoms with Gasteiger partial charge < -0.3 is 20.3 Å². The van der Waals surface area contributed by atoms with Gasteiger partial charge in [0.2, 0.25) is 5.91 Å². The van der Waals surface area contributed by atoms with Crippen LogP contribution in [0.2, 0.25) is 0 Å². The third kappa shape index (κ3) is 5.43. The highest BCUT2D eigenvalue weighted by atomic mass is 16.5. The first-order chi connectivity index (χ1) is 11.2. The third-order valence-electron chi connectivity index (χ3n) is 4.40. The largest absolute Gasteiger partial charge is 0.497 e. The molecule has 5 nitrogen and oxygen atoms in total. The van der Waals surface area contributed by atoms with Crippen LogP contribution in [0.5, 0.6) is 5.75 Å². The molecule has 1 saturated heterocycles. The molecule has 0 atom stereocenters. The highest BCUT2D eigenvalue weighted by Crippen LogP contribution is 2.22. The van der Waals surface area contributed by atoms with E-state index in [1.165, 1.54) is 5.69 Å². The van der Waals surface area contributed by atoms with Crippen molar-refractivity contribution in [3.8, 4) is 5.75 Å². The predicted octanol–water partition coefficient (Wildman–Crippen LogP) is 2.25. The number of benzene rings is 1. The molecule has 0 unspecified atom stereocenters. The van der Waals surface area contributed by atoms with Gasteiger partial charge in [-0.05, 0) is 31.5 Å².